The lowest BCUT2D eigenvalue weighted by molar-refractivity contribution is 0.162. The van der Waals surface area contributed by atoms with Gasteiger partial charge in [0, 0.05) is 24.2 Å². The van der Waals surface area contributed by atoms with Gasteiger partial charge in [-0.25, -0.2) is 0 Å². The fourth-order valence-corrected chi connectivity index (χ4v) is 2.58. The molecule has 0 fully saturated rings. The summed E-state index contributed by atoms with van der Waals surface area (Å²) in [4.78, 5) is 2.49. The second-order valence-electron chi connectivity index (χ2n) is 5.99. The molecule has 3 heteroatoms. The molecule has 0 amide bonds. The summed E-state index contributed by atoms with van der Waals surface area (Å²) in [6, 6.07) is 1.12. The zero-order valence-corrected chi connectivity index (χ0v) is 13.1. The molecule has 1 atom stereocenters. The van der Waals surface area contributed by atoms with Crippen molar-refractivity contribution in [2.75, 3.05) is 13.2 Å². The van der Waals surface area contributed by atoms with Crippen LogP contribution in [-0.4, -0.2) is 35.7 Å². The van der Waals surface area contributed by atoms with E-state index in [-0.39, 0.29) is 5.54 Å². The molecular formula is C16H30N2O. The Morgan fingerprint density at radius 1 is 1.32 bits per heavy atom. The molecule has 1 unspecified atom stereocenters. The van der Waals surface area contributed by atoms with Gasteiger partial charge in [-0.3, -0.25) is 4.90 Å². The Bertz CT molecular complexity index is 326. The molecule has 1 rings (SSSR count). The maximum absolute atomic E-state index is 6.45. The lowest BCUT2D eigenvalue weighted by Gasteiger charge is -2.35. The zero-order valence-electron chi connectivity index (χ0n) is 13.1. The molecule has 0 radical (unpaired) electrons. The van der Waals surface area contributed by atoms with E-state index in [0.29, 0.717) is 18.7 Å². The number of rotatable bonds is 7. The van der Waals surface area contributed by atoms with Crippen LogP contribution >= 0.6 is 0 Å². The first kappa shape index (κ1) is 16.3. The van der Waals surface area contributed by atoms with Crippen molar-refractivity contribution in [3.8, 4) is 0 Å². The van der Waals surface area contributed by atoms with Gasteiger partial charge in [0.05, 0.1) is 6.61 Å². The van der Waals surface area contributed by atoms with Crippen LogP contribution in [0.5, 0.6) is 0 Å². The highest BCUT2D eigenvalue weighted by molar-refractivity contribution is 5.25. The van der Waals surface area contributed by atoms with Crippen molar-refractivity contribution in [2.24, 2.45) is 5.73 Å². The minimum atomic E-state index is -0.220. The van der Waals surface area contributed by atoms with E-state index in [1.807, 2.05) is 13.0 Å². The van der Waals surface area contributed by atoms with Crippen LogP contribution < -0.4 is 5.73 Å². The summed E-state index contributed by atoms with van der Waals surface area (Å²) in [5, 5.41) is 0. The molecule has 1 aliphatic carbocycles. The predicted octanol–water partition coefficient (Wildman–Crippen LogP) is 3.07. The van der Waals surface area contributed by atoms with Gasteiger partial charge < -0.3 is 10.5 Å². The lowest BCUT2D eigenvalue weighted by Crippen LogP contribution is -2.45. The normalized spacial score (nSPS) is 23.3. The highest BCUT2D eigenvalue weighted by Crippen LogP contribution is 2.23. The van der Waals surface area contributed by atoms with Crippen LogP contribution in [0.2, 0.25) is 0 Å². The van der Waals surface area contributed by atoms with Crippen molar-refractivity contribution in [1.82, 2.24) is 4.90 Å². The van der Waals surface area contributed by atoms with Gasteiger partial charge in [0.15, 0.2) is 0 Å². The van der Waals surface area contributed by atoms with Gasteiger partial charge in [-0.1, -0.05) is 6.08 Å². The summed E-state index contributed by atoms with van der Waals surface area (Å²) in [5.74, 6) is 0.952. The Kier molecular flexibility index (Phi) is 6.08. The molecule has 2 N–H and O–H groups in total. The van der Waals surface area contributed by atoms with Gasteiger partial charge in [-0.2, -0.15) is 0 Å². The molecule has 3 nitrogen and oxygen atoms in total. The van der Waals surface area contributed by atoms with Crippen molar-refractivity contribution < 1.29 is 4.74 Å². The number of ether oxygens (including phenoxy) is 1. The Morgan fingerprint density at radius 2 is 1.95 bits per heavy atom. The van der Waals surface area contributed by atoms with E-state index in [0.717, 1.165) is 25.1 Å². The number of nitrogens with two attached hydrogens (primary N) is 1. The lowest BCUT2D eigenvalue weighted by atomic mass is 9.88. The fourth-order valence-electron chi connectivity index (χ4n) is 2.58. The number of allylic oxidation sites excluding steroid dienone is 1. The fraction of sp³-hybridized carbons (Fsp3) is 0.750. The topological polar surface area (TPSA) is 38.5 Å². The summed E-state index contributed by atoms with van der Waals surface area (Å²) >= 11 is 0. The summed E-state index contributed by atoms with van der Waals surface area (Å²) < 4.78 is 5.49. The van der Waals surface area contributed by atoms with Gasteiger partial charge >= 0.3 is 0 Å². The first-order valence-corrected chi connectivity index (χ1v) is 7.45. The van der Waals surface area contributed by atoms with Crippen LogP contribution in [0, 0.1) is 0 Å². The van der Waals surface area contributed by atoms with Gasteiger partial charge in [-0.05, 0) is 59.6 Å². The van der Waals surface area contributed by atoms with Crippen LogP contribution in [0.25, 0.3) is 0 Å². The summed E-state index contributed by atoms with van der Waals surface area (Å²) in [7, 11) is 0. The SMILES string of the molecule is CCOC1=CCC(N)(CCN(C(C)C)C(C)C)C=C1. The Morgan fingerprint density at radius 3 is 2.37 bits per heavy atom. The van der Waals surface area contributed by atoms with E-state index in [1.54, 1.807) is 0 Å². The van der Waals surface area contributed by atoms with E-state index < -0.39 is 0 Å². The molecule has 1 aliphatic rings. The second kappa shape index (κ2) is 7.11. The largest absolute Gasteiger partial charge is 0.494 e. The summed E-state index contributed by atoms with van der Waals surface area (Å²) in [5.41, 5.74) is 6.23. The van der Waals surface area contributed by atoms with Crippen molar-refractivity contribution in [1.29, 1.82) is 0 Å². The van der Waals surface area contributed by atoms with E-state index in [4.69, 9.17) is 10.5 Å². The van der Waals surface area contributed by atoms with Crippen molar-refractivity contribution in [3.63, 3.8) is 0 Å². The second-order valence-corrected chi connectivity index (χ2v) is 5.99. The highest BCUT2D eigenvalue weighted by atomic mass is 16.5. The first-order chi connectivity index (χ1) is 8.88. The highest BCUT2D eigenvalue weighted by Gasteiger charge is 2.25. The molecule has 0 bridgehead atoms. The number of hydrogen-bond donors (Lipinski definition) is 1. The molecule has 0 saturated heterocycles. The molecule has 0 aliphatic heterocycles. The third-order valence-corrected chi connectivity index (χ3v) is 3.74. The molecule has 0 aromatic rings. The van der Waals surface area contributed by atoms with Crippen LogP contribution in [-0.2, 0) is 4.74 Å². The molecule has 0 aromatic carbocycles. The average Bonchev–Trinajstić information content (AvgIpc) is 2.32. The third kappa shape index (κ3) is 5.00. The number of nitrogens with zero attached hydrogens (tertiary/aromatic N) is 1. The van der Waals surface area contributed by atoms with Crippen LogP contribution in [0.15, 0.2) is 24.0 Å². The minimum Gasteiger partial charge on any atom is -0.494 e. The molecule has 0 aromatic heterocycles. The quantitative estimate of drug-likeness (QED) is 0.769. The molecule has 110 valence electrons. The van der Waals surface area contributed by atoms with Gasteiger partial charge in [0.2, 0.25) is 0 Å². The molecule has 0 heterocycles. The maximum atomic E-state index is 6.45. The van der Waals surface area contributed by atoms with Gasteiger partial charge in [-0.15, -0.1) is 0 Å². The van der Waals surface area contributed by atoms with E-state index in [2.05, 4.69) is 44.7 Å². The molecule has 0 spiro atoms. The summed E-state index contributed by atoms with van der Waals surface area (Å²) in [6.45, 7) is 12.7. The third-order valence-electron chi connectivity index (χ3n) is 3.74. The van der Waals surface area contributed by atoms with Crippen molar-refractivity contribution in [2.45, 2.75) is 65.1 Å². The smallest absolute Gasteiger partial charge is 0.115 e. The molecular weight excluding hydrogens is 236 g/mol. The van der Waals surface area contributed by atoms with E-state index in [1.165, 1.54) is 0 Å². The van der Waals surface area contributed by atoms with E-state index >= 15 is 0 Å². The van der Waals surface area contributed by atoms with Gasteiger partial charge in [0.25, 0.3) is 0 Å². The number of hydrogen-bond acceptors (Lipinski definition) is 3. The zero-order chi connectivity index (χ0) is 14.5. The monoisotopic (exact) mass is 266 g/mol. The Labute approximate surface area is 118 Å². The predicted molar refractivity (Wildman–Crippen MR) is 82.0 cm³/mol. The van der Waals surface area contributed by atoms with Crippen LogP contribution in [0.4, 0.5) is 0 Å². The summed E-state index contributed by atoms with van der Waals surface area (Å²) in [6.07, 6.45) is 8.08. The standard InChI is InChI=1S/C16H30N2O/c1-6-19-15-7-9-16(17,10-8-15)11-12-18(13(2)3)14(4)5/h7-9,13-14H,6,10-12,17H2,1-5H3. The Hall–Kier alpha value is -0.800. The molecule has 0 saturated carbocycles. The maximum Gasteiger partial charge on any atom is 0.115 e. The first-order valence-electron chi connectivity index (χ1n) is 7.45. The van der Waals surface area contributed by atoms with Crippen molar-refractivity contribution in [3.05, 3.63) is 24.0 Å². The van der Waals surface area contributed by atoms with Gasteiger partial charge in [0.1, 0.15) is 5.76 Å². The van der Waals surface area contributed by atoms with E-state index in [9.17, 15) is 0 Å². The van der Waals surface area contributed by atoms with Crippen LogP contribution in [0.1, 0.15) is 47.5 Å². The minimum absolute atomic E-state index is 0.220. The van der Waals surface area contributed by atoms with Crippen LogP contribution in [0.3, 0.4) is 0 Å². The Balaban J connectivity index is 2.52. The average molecular weight is 266 g/mol. The molecule has 19 heavy (non-hydrogen) atoms. The van der Waals surface area contributed by atoms with Crippen molar-refractivity contribution >= 4 is 0 Å².